The van der Waals surface area contributed by atoms with Crippen LogP contribution in [0.4, 0.5) is 8.78 Å². The Kier molecular flexibility index (Phi) is 4.71. The molecule has 0 amide bonds. The van der Waals surface area contributed by atoms with E-state index in [1.807, 2.05) is 0 Å². The molecular formula is C14H11Br2F2N. The second kappa shape index (κ2) is 6.11. The molecule has 0 bridgehead atoms. The molecule has 0 saturated heterocycles. The first-order valence-electron chi connectivity index (χ1n) is 5.60. The summed E-state index contributed by atoms with van der Waals surface area (Å²) in [7, 11) is 1.74. The molecule has 5 heteroatoms. The van der Waals surface area contributed by atoms with Crippen LogP contribution in [-0.2, 0) is 0 Å². The van der Waals surface area contributed by atoms with Gasteiger partial charge in [0.05, 0.1) is 6.04 Å². The maximum absolute atomic E-state index is 14.0. The van der Waals surface area contributed by atoms with Gasteiger partial charge in [-0.25, -0.2) is 8.78 Å². The van der Waals surface area contributed by atoms with Crippen LogP contribution < -0.4 is 5.32 Å². The molecule has 2 aromatic carbocycles. The van der Waals surface area contributed by atoms with Gasteiger partial charge >= 0.3 is 0 Å². The maximum atomic E-state index is 14.0. The average Bonchev–Trinajstić information content (AvgIpc) is 2.36. The Morgan fingerprint density at radius 1 is 1.00 bits per heavy atom. The Labute approximate surface area is 127 Å². The van der Waals surface area contributed by atoms with Gasteiger partial charge in [-0.1, -0.05) is 37.9 Å². The summed E-state index contributed by atoms with van der Waals surface area (Å²) in [4.78, 5) is 0. The van der Waals surface area contributed by atoms with Crippen LogP contribution in [0.15, 0.2) is 45.3 Å². The molecule has 0 saturated carbocycles. The van der Waals surface area contributed by atoms with E-state index in [1.54, 1.807) is 25.2 Å². The topological polar surface area (TPSA) is 12.0 Å². The molecule has 100 valence electrons. The summed E-state index contributed by atoms with van der Waals surface area (Å²) in [5, 5.41) is 3.05. The molecule has 0 aliphatic heterocycles. The van der Waals surface area contributed by atoms with Crippen molar-refractivity contribution in [3.05, 3.63) is 68.1 Å². The minimum absolute atomic E-state index is 0.307. The fourth-order valence-electron chi connectivity index (χ4n) is 1.95. The quantitative estimate of drug-likeness (QED) is 0.793. The van der Waals surface area contributed by atoms with Crippen molar-refractivity contribution in [3.8, 4) is 0 Å². The smallest absolute Gasteiger partial charge is 0.128 e. The summed E-state index contributed by atoms with van der Waals surface area (Å²) in [6.45, 7) is 0. The fraction of sp³-hybridized carbons (Fsp3) is 0.143. The SMILES string of the molecule is CNC(c1cc(Br)ccc1F)c1ccc(F)cc1Br. The van der Waals surface area contributed by atoms with E-state index in [-0.39, 0.29) is 17.7 Å². The monoisotopic (exact) mass is 389 g/mol. The molecule has 0 aliphatic carbocycles. The standard InChI is InChI=1S/C14H11Br2F2N/c1-19-14(10-4-3-9(17)7-12(10)16)11-6-8(15)2-5-13(11)18/h2-7,14,19H,1H3. The number of hydrogen-bond acceptors (Lipinski definition) is 1. The highest BCUT2D eigenvalue weighted by Crippen LogP contribution is 2.31. The highest BCUT2D eigenvalue weighted by Gasteiger charge is 2.19. The maximum Gasteiger partial charge on any atom is 0.128 e. The van der Waals surface area contributed by atoms with Crippen molar-refractivity contribution < 1.29 is 8.78 Å². The van der Waals surface area contributed by atoms with Crippen molar-refractivity contribution >= 4 is 31.9 Å². The summed E-state index contributed by atoms with van der Waals surface area (Å²) < 4.78 is 28.5. The first kappa shape index (κ1) is 14.6. The van der Waals surface area contributed by atoms with E-state index in [9.17, 15) is 8.78 Å². The van der Waals surface area contributed by atoms with Gasteiger partial charge < -0.3 is 5.32 Å². The highest BCUT2D eigenvalue weighted by molar-refractivity contribution is 9.10. The number of hydrogen-bond donors (Lipinski definition) is 1. The summed E-state index contributed by atoms with van der Waals surface area (Å²) in [5.74, 6) is -0.640. The first-order valence-corrected chi connectivity index (χ1v) is 7.18. The molecule has 1 atom stereocenters. The van der Waals surface area contributed by atoms with Crippen molar-refractivity contribution in [2.24, 2.45) is 0 Å². The molecule has 0 aliphatic rings. The largest absolute Gasteiger partial charge is 0.309 e. The molecule has 1 nitrogen and oxygen atoms in total. The summed E-state index contributed by atoms with van der Waals surface area (Å²) in [6, 6.07) is 8.78. The van der Waals surface area contributed by atoms with Gasteiger partial charge in [-0.15, -0.1) is 0 Å². The van der Waals surface area contributed by atoms with E-state index in [2.05, 4.69) is 37.2 Å². The van der Waals surface area contributed by atoms with Gasteiger partial charge in [0.15, 0.2) is 0 Å². The zero-order valence-corrected chi connectivity index (χ0v) is 13.2. The van der Waals surface area contributed by atoms with Crippen molar-refractivity contribution in [2.45, 2.75) is 6.04 Å². The van der Waals surface area contributed by atoms with Crippen LogP contribution >= 0.6 is 31.9 Å². The molecule has 0 aromatic heterocycles. The number of nitrogens with one attached hydrogen (secondary N) is 1. The van der Waals surface area contributed by atoms with E-state index < -0.39 is 0 Å². The number of benzene rings is 2. The Morgan fingerprint density at radius 3 is 2.37 bits per heavy atom. The molecule has 0 radical (unpaired) electrons. The molecule has 1 unspecified atom stereocenters. The van der Waals surface area contributed by atoms with Gasteiger partial charge in [-0.2, -0.15) is 0 Å². The van der Waals surface area contributed by atoms with E-state index in [1.165, 1.54) is 18.2 Å². The molecule has 2 aromatic rings. The van der Waals surface area contributed by atoms with Crippen molar-refractivity contribution in [1.82, 2.24) is 5.32 Å². The average molecular weight is 391 g/mol. The molecule has 0 heterocycles. The Morgan fingerprint density at radius 2 is 1.74 bits per heavy atom. The zero-order valence-electron chi connectivity index (χ0n) is 10.1. The van der Waals surface area contributed by atoms with Crippen LogP contribution in [0.5, 0.6) is 0 Å². The lowest BCUT2D eigenvalue weighted by Gasteiger charge is -2.19. The fourth-order valence-corrected chi connectivity index (χ4v) is 2.91. The lowest BCUT2D eigenvalue weighted by atomic mass is 9.98. The van der Waals surface area contributed by atoms with Gasteiger partial charge in [0.25, 0.3) is 0 Å². The van der Waals surface area contributed by atoms with Crippen molar-refractivity contribution in [1.29, 1.82) is 0 Å². The van der Waals surface area contributed by atoms with Crippen LogP contribution in [0.25, 0.3) is 0 Å². The third-order valence-corrected chi connectivity index (χ3v) is 4.01. The van der Waals surface area contributed by atoms with Gasteiger partial charge in [0.1, 0.15) is 11.6 Å². The molecule has 19 heavy (non-hydrogen) atoms. The number of halogens is 4. The molecule has 1 N–H and O–H groups in total. The van der Waals surface area contributed by atoms with Crippen LogP contribution in [0.3, 0.4) is 0 Å². The van der Waals surface area contributed by atoms with Gasteiger partial charge in [0.2, 0.25) is 0 Å². The van der Waals surface area contributed by atoms with Crippen LogP contribution in [0.1, 0.15) is 17.2 Å². The molecular weight excluding hydrogens is 380 g/mol. The second-order valence-corrected chi connectivity index (χ2v) is 5.82. The van der Waals surface area contributed by atoms with Gasteiger partial charge in [-0.05, 0) is 42.9 Å². The molecule has 0 fully saturated rings. The summed E-state index contributed by atoms with van der Waals surface area (Å²) in [6.07, 6.45) is 0. The van der Waals surface area contributed by atoms with E-state index in [4.69, 9.17) is 0 Å². The van der Waals surface area contributed by atoms with Gasteiger partial charge in [0, 0.05) is 14.5 Å². The Balaban J connectivity index is 2.52. The zero-order chi connectivity index (χ0) is 14.0. The van der Waals surface area contributed by atoms with Crippen LogP contribution in [0, 0.1) is 11.6 Å². The predicted molar refractivity (Wildman–Crippen MR) is 79.1 cm³/mol. The summed E-state index contributed by atoms with van der Waals surface area (Å²) in [5.41, 5.74) is 1.28. The number of rotatable bonds is 3. The van der Waals surface area contributed by atoms with E-state index in [0.29, 0.717) is 10.0 Å². The van der Waals surface area contributed by atoms with Crippen LogP contribution in [-0.4, -0.2) is 7.05 Å². The van der Waals surface area contributed by atoms with Crippen molar-refractivity contribution in [3.63, 3.8) is 0 Å². The third kappa shape index (κ3) is 3.22. The Hall–Kier alpha value is -0.780. The van der Waals surface area contributed by atoms with E-state index in [0.717, 1.165) is 10.0 Å². The minimum atomic E-state index is -0.354. The van der Waals surface area contributed by atoms with Crippen LogP contribution in [0.2, 0.25) is 0 Å². The highest BCUT2D eigenvalue weighted by atomic mass is 79.9. The Bertz CT molecular complexity index is 602. The predicted octanol–water partition coefficient (Wildman–Crippen LogP) is 4.80. The van der Waals surface area contributed by atoms with Gasteiger partial charge in [-0.3, -0.25) is 0 Å². The van der Waals surface area contributed by atoms with Crippen molar-refractivity contribution in [2.75, 3.05) is 7.05 Å². The van der Waals surface area contributed by atoms with E-state index >= 15 is 0 Å². The lowest BCUT2D eigenvalue weighted by Crippen LogP contribution is -2.19. The third-order valence-electron chi connectivity index (χ3n) is 2.83. The first-order chi connectivity index (χ1) is 9.02. The molecule has 0 spiro atoms. The minimum Gasteiger partial charge on any atom is -0.309 e. The normalized spacial score (nSPS) is 12.5. The molecule has 2 rings (SSSR count). The lowest BCUT2D eigenvalue weighted by molar-refractivity contribution is 0.573. The summed E-state index contributed by atoms with van der Waals surface area (Å²) >= 11 is 6.65. The second-order valence-electron chi connectivity index (χ2n) is 4.05.